The lowest BCUT2D eigenvalue weighted by molar-refractivity contribution is -0.149. The molecular formula is C15H22N4O3S. The predicted octanol–water partition coefficient (Wildman–Crippen LogP) is 0.756. The van der Waals surface area contributed by atoms with Crippen LogP contribution < -0.4 is 10.1 Å². The first-order valence-electron chi connectivity index (χ1n) is 7.84. The minimum absolute atomic E-state index is 0.112. The predicted molar refractivity (Wildman–Crippen MR) is 88.7 cm³/mol. The monoisotopic (exact) mass is 338 g/mol. The highest BCUT2D eigenvalue weighted by atomic mass is 32.2. The summed E-state index contributed by atoms with van der Waals surface area (Å²) in [6.45, 7) is 1.29. The van der Waals surface area contributed by atoms with Crippen LogP contribution in [0.5, 0.6) is 5.88 Å². The molecular weight excluding hydrogens is 316 g/mol. The number of piperidine rings is 1. The normalized spacial score (nSPS) is 25.4. The maximum Gasteiger partial charge on any atom is 0.255 e. The molecule has 1 atom stereocenters. The first-order chi connectivity index (χ1) is 11.1. The summed E-state index contributed by atoms with van der Waals surface area (Å²) in [6, 6.07) is 1.92. The Labute approximate surface area is 139 Å². The second kappa shape index (κ2) is 6.92. The van der Waals surface area contributed by atoms with Gasteiger partial charge in [0.1, 0.15) is 0 Å². The first kappa shape index (κ1) is 16.3. The molecule has 0 saturated carbocycles. The molecule has 1 aromatic heterocycles. The molecule has 8 heteroatoms. The molecule has 0 aliphatic carbocycles. The van der Waals surface area contributed by atoms with Gasteiger partial charge in [-0.1, -0.05) is 0 Å². The van der Waals surface area contributed by atoms with Gasteiger partial charge in [0.25, 0.3) is 5.91 Å². The Bertz CT molecular complexity index is 557. The molecule has 23 heavy (non-hydrogen) atoms. The van der Waals surface area contributed by atoms with Crippen LogP contribution in [0.4, 0.5) is 5.95 Å². The third-order valence-corrected chi connectivity index (χ3v) is 5.53. The Morgan fingerprint density at radius 3 is 2.96 bits per heavy atom. The molecule has 0 aromatic carbocycles. The van der Waals surface area contributed by atoms with E-state index in [2.05, 4.69) is 15.3 Å². The summed E-state index contributed by atoms with van der Waals surface area (Å²) in [7, 11) is 1.57. The van der Waals surface area contributed by atoms with E-state index in [1.807, 2.05) is 0 Å². The Balaban J connectivity index is 1.53. The standard InChI is InChI=1S/C15H22N4O3S/c1-22-12-2-6-16-14(18-12)17-11-3-7-19(8-4-11)13(20)15(21)5-9-23-10-15/h2,6,11,21H,3-5,7-10H2,1H3,(H,16,17,18). The number of amides is 1. The van der Waals surface area contributed by atoms with Crippen molar-refractivity contribution in [1.29, 1.82) is 0 Å². The third-order valence-electron chi connectivity index (χ3n) is 4.35. The van der Waals surface area contributed by atoms with E-state index in [9.17, 15) is 9.90 Å². The van der Waals surface area contributed by atoms with Gasteiger partial charge in [0, 0.05) is 37.1 Å². The van der Waals surface area contributed by atoms with Crippen molar-refractivity contribution in [2.45, 2.75) is 30.9 Å². The van der Waals surface area contributed by atoms with Crippen LogP contribution in [0.1, 0.15) is 19.3 Å². The van der Waals surface area contributed by atoms with Crippen molar-refractivity contribution in [3.8, 4) is 5.88 Å². The Kier molecular flexibility index (Phi) is 4.91. The van der Waals surface area contributed by atoms with Crippen LogP contribution in [0, 0.1) is 0 Å². The number of ether oxygens (including phenoxy) is 1. The van der Waals surface area contributed by atoms with Crippen LogP contribution in [0.3, 0.4) is 0 Å². The van der Waals surface area contributed by atoms with Gasteiger partial charge in [0.2, 0.25) is 11.8 Å². The molecule has 1 amide bonds. The summed E-state index contributed by atoms with van der Waals surface area (Å²) in [5, 5.41) is 13.7. The van der Waals surface area contributed by atoms with Crippen molar-refractivity contribution in [2.24, 2.45) is 0 Å². The molecule has 1 aromatic rings. The maximum atomic E-state index is 12.5. The fourth-order valence-electron chi connectivity index (χ4n) is 2.95. The number of rotatable bonds is 4. The van der Waals surface area contributed by atoms with Crippen molar-refractivity contribution in [3.05, 3.63) is 12.3 Å². The van der Waals surface area contributed by atoms with Crippen molar-refractivity contribution in [1.82, 2.24) is 14.9 Å². The topological polar surface area (TPSA) is 87.6 Å². The zero-order valence-corrected chi connectivity index (χ0v) is 14.0. The van der Waals surface area contributed by atoms with E-state index in [-0.39, 0.29) is 11.9 Å². The average molecular weight is 338 g/mol. The lowest BCUT2D eigenvalue weighted by atomic mass is 9.98. The molecule has 3 rings (SSSR count). The zero-order chi connectivity index (χ0) is 16.3. The number of methoxy groups -OCH3 is 1. The lowest BCUT2D eigenvalue weighted by Crippen LogP contribution is -2.52. The fraction of sp³-hybridized carbons (Fsp3) is 0.667. The van der Waals surface area contributed by atoms with Crippen molar-refractivity contribution < 1.29 is 14.6 Å². The number of hydrogen-bond acceptors (Lipinski definition) is 7. The summed E-state index contributed by atoms with van der Waals surface area (Å²) < 4.78 is 5.09. The molecule has 2 aliphatic heterocycles. The van der Waals surface area contributed by atoms with Crippen LogP contribution in [-0.2, 0) is 4.79 Å². The minimum atomic E-state index is -1.15. The number of likely N-dealkylation sites (tertiary alicyclic amines) is 1. The highest BCUT2D eigenvalue weighted by Gasteiger charge is 2.42. The van der Waals surface area contributed by atoms with Gasteiger partial charge in [-0.15, -0.1) is 0 Å². The first-order valence-corrected chi connectivity index (χ1v) is 8.99. The van der Waals surface area contributed by atoms with Gasteiger partial charge in [-0.3, -0.25) is 4.79 Å². The zero-order valence-electron chi connectivity index (χ0n) is 13.2. The van der Waals surface area contributed by atoms with Gasteiger partial charge in [-0.2, -0.15) is 16.7 Å². The average Bonchev–Trinajstić information content (AvgIpc) is 3.03. The molecule has 2 fully saturated rings. The third kappa shape index (κ3) is 3.69. The summed E-state index contributed by atoms with van der Waals surface area (Å²) in [4.78, 5) is 22.7. The van der Waals surface area contributed by atoms with Crippen molar-refractivity contribution in [2.75, 3.05) is 37.0 Å². The maximum absolute atomic E-state index is 12.5. The number of nitrogens with zero attached hydrogens (tertiary/aromatic N) is 3. The number of carbonyl (C=O) groups is 1. The number of aromatic nitrogens is 2. The Morgan fingerprint density at radius 2 is 2.30 bits per heavy atom. The molecule has 1 unspecified atom stereocenters. The number of hydrogen-bond donors (Lipinski definition) is 2. The van der Waals surface area contributed by atoms with Crippen LogP contribution in [0.2, 0.25) is 0 Å². The van der Waals surface area contributed by atoms with E-state index in [1.165, 1.54) is 0 Å². The molecule has 3 heterocycles. The SMILES string of the molecule is COc1ccnc(NC2CCN(C(=O)C3(O)CCSC3)CC2)n1. The van der Waals surface area contributed by atoms with Gasteiger partial charge >= 0.3 is 0 Å². The molecule has 2 aliphatic rings. The van der Waals surface area contributed by atoms with E-state index in [1.54, 1.807) is 36.0 Å². The van der Waals surface area contributed by atoms with E-state index < -0.39 is 5.60 Å². The fourth-order valence-corrected chi connectivity index (χ4v) is 4.18. The summed E-state index contributed by atoms with van der Waals surface area (Å²) >= 11 is 1.64. The molecule has 2 saturated heterocycles. The highest BCUT2D eigenvalue weighted by molar-refractivity contribution is 7.99. The number of nitrogens with one attached hydrogen (secondary N) is 1. The van der Waals surface area contributed by atoms with E-state index in [0.717, 1.165) is 18.6 Å². The molecule has 0 bridgehead atoms. The number of carbonyl (C=O) groups excluding carboxylic acids is 1. The smallest absolute Gasteiger partial charge is 0.255 e. The summed E-state index contributed by atoms with van der Waals surface area (Å²) in [5.74, 6) is 2.32. The van der Waals surface area contributed by atoms with Crippen LogP contribution in [-0.4, -0.2) is 69.2 Å². The van der Waals surface area contributed by atoms with E-state index in [0.29, 0.717) is 37.1 Å². The molecule has 0 radical (unpaired) electrons. The minimum Gasteiger partial charge on any atom is -0.481 e. The van der Waals surface area contributed by atoms with Crippen molar-refractivity contribution in [3.63, 3.8) is 0 Å². The van der Waals surface area contributed by atoms with Crippen LogP contribution >= 0.6 is 11.8 Å². The van der Waals surface area contributed by atoms with Gasteiger partial charge < -0.3 is 20.1 Å². The number of thioether (sulfide) groups is 1. The second-order valence-corrected chi connectivity index (χ2v) is 7.07. The Morgan fingerprint density at radius 1 is 1.52 bits per heavy atom. The van der Waals surface area contributed by atoms with Crippen LogP contribution in [0.15, 0.2) is 12.3 Å². The van der Waals surface area contributed by atoms with Gasteiger partial charge in [0.15, 0.2) is 5.60 Å². The van der Waals surface area contributed by atoms with E-state index >= 15 is 0 Å². The summed E-state index contributed by atoms with van der Waals surface area (Å²) in [5.41, 5.74) is -1.15. The molecule has 126 valence electrons. The second-order valence-electron chi connectivity index (χ2n) is 5.97. The van der Waals surface area contributed by atoms with Gasteiger partial charge in [-0.25, -0.2) is 4.98 Å². The largest absolute Gasteiger partial charge is 0.481 e. The highest BCUT2D eigenvalue weighted by Crippen LogP contribution is 2.30. The molecule has 2 N–H and O–H groups in total. The molecule has 0 spiro atoms. The quantitative estimate of drug-likeness (QED) is 0.838. The lowest BCUT2D eigenvalue weighted by Gasteiger charge is -2.36. The number of aliphatic hydroxyl groups is 1. The van der Waals surface area contributed by atoms with Crippen molar-refractivity contribution >= 4 is 23.6 Å². The van der Waals surface area contributed by atoms with Crippen LogP contribution in [0.25, 0.3) is 0 Å². The van der Waals surface area contributed by atoms with E-state index in [4.69, 9.17) is 4.74 Å². The number of anilines is 1. The summed E-state index contributed by atoms with van der Waals surface area (Å²) in [6.07, 6.45) is 3.84. The van der Waals surface area contributed by atoms with Gasteiger partial charge in [0.05, 0.1) is 7.11 Å². The van der Waals surface area contributed by atoms with Gasteiger partial charge in [-0.05, 0) is 25.0 Å². The Hall–Kier alpha value is -1.54. The molecule has 7 nitrogen and oxygen atoms in total.